The van der Waals surface area contributed by atoms with Gasteiger partial charge in [0.2, 0.25) is 5.95 Å². The Kier molecular flexibility index (Phi) is 7.27. The number of rotatable bonds is 11. The van der Waals surface area contributed by atoms with Crippen molar-refractivity contribution in [3.05, 3.63) is 54.1 Å². The molecule has 0 saturated heterocycles. The molecule has 1 aromatic heterocycles. The fraction of sp³-hybridized carbons (Fsp3) is 0.364. The second-order valence-corrected chi connectivity index (χ2v) is 6.66. The van der Waals surface area contributed by atoms with E-state index >= 15 is 0 Å². The first-order chi connectivity index (χ1) is 13.3. The Morgan fingerprint density at radius 2 is 1.78 bits per heavy atom. The second kappa shape index (κ2) is 10.4. The van der Waals surface area contributed by atoms with Crippen LogP contribution in [0, 0.1) is 0 Å². The van der Waals surface area contributed by atoms with Crippen LogP contribution in [0.25, 0.3) is 11.0 Å². The number of ether oxygens (including phenoxy) is 1. The Morgan fingerprint density at radius 1 is 1.00 bits per heavy atom. The first kappa shape index (κ1) is 19.0. The molecule has 0 spiro atoms. The van der Waals surface area contributed by atoms with E-state index < -0.39 is 0 Å². The largest absolute Gasteiger partial charge is 0.494 e. The molecule has 0 radical (unpaired) electrons. The number of unbranched alkanes of at least 4 members (excludes halogenated alkanes) is 5. The summed E-state index contributed by atoms with van der Waals surface area (Å²) in [5, 5.41) is 4.24. The molecule has 5 heteroatoms. The van der Waals surface area contributed by atoms with Gasteiger partial charge in [-0.2, -0.15) is 5.10 Å². The number of hydrogen-bond acceptors (Lipinski definition) is 4. The first-order valence-corrected chi connectivity index (χ1v) is 9.82. The topological polar surface area (TPSA) is 62.3 Å². The summed E-state index contributed by atoms with van der Waals surface area (Å²) in [4.78, 5) is 7.60. The van der Waals surface area contributed by atoms with Crippen LogP contribution < -0.4 is 10.2 Å². The van der Waals surface area contributed by atoms with Crippen molar-refractivity contribution < 1.29 is 4.74 Å². The van der Waals surface area contributed by atoms with Crippen LogP contribution in [0.4, 0.5) is 5.95 Å². The third-order valence-electron chi connectivity index (χ3n) is 4.42. The first-order valence-electron chi connectivity index (χ1n) is 9.82. The van der Waals surface area contributed by atoms with E-state index in [-0.39, 0.29) is 0 Å². The molecule has 0 aliphatic rings. The molecule has 2 N–H and O–H groups in total. The molecule has 142 valence electrons. The highest BCUT2D eigenvalue weighted by molar-refractivity contribution is 5.81. The van der Waals surface area contributed by atoms with E-state index in [2.05, 4.69) is 27.4 Å². The van der Waals surface area contributed by atoms with Gasteiger partial charge in [-0.15, -0.1) is 0 Å². The number of nitrogens with zero attached hydrogens (tertiary/aromatic N) is 2. The SMILES string of the molecule is CCCCCCCCOc1ccc(C=NNc2nc3ccccc3[nH]2)cc1. The number of para-hydroxylation sites is 2. The fourth-order valence-electron chi connectivity index (χ4n) is 2.90. The van der Waals surface area contributed by atoms with Gasteiger partial charge in [-0.1, -0.05) is 51.2 Å². The van der Waals surface area contributed by atoms with Crippen LogP contribution in [-0.4, -0.2) is 22.8 Å². The van der Waals surface area contributed by atoms with E-state index in [1.807, 2.05) is 48.5 Å². The lowest BCUT2D eigenvalue weighted by atomic mass is 10.1. The van der Waals surface area contributed by atoms with Gasteiger partial charge in [0.25, 0.3) is 0 Å². The van der Waals surface area contributed by atoms with E-state index in [0.29, 0.717) is 5.95 Å². The molecule has 0 atom stereocenters. The number of imidazole rings is 1. The van der Waals surface area contributed by atoms with Gasteiger partial charge in [0.1, 0.15) is 5.75 Å². The van der Waals surface area contributed by atoms with Gasteiger partial charge in [-0.3, -0.25) is 0 Å². The summed E-state index contributed by atoms with van der Waals surface area (Å²) >= 11 is 0. The van der Waals surface area contributed by atoms with Crippen molar-refractivity contribution in [2.75, 3.05) is 12.0 Å². The number of anilines is 1. The quantitative estimate of drug-likeness (QED) is 0.259. The normalized spacial score (nSPS) is 11.3. The molecule has 3 aromatic rings. The van der Waals surface area contributed by atoms with Crippen molar-refractivity contribution >= 4 is 23.2 Å². The van der Waals surface area contributed by atoms with E-state index in [4.69, 9.17) is 4.74 Å². The minimum absolute atomic E-state index is 0.631. The van der Waals surface area contributed by atoms with Crippen molar-refractivity contribution in [1.82, 2.24) is 9.97 Å². The van der Waals surface area contributed by atoms with Crippen molar-refractivity contribution in [3.8, 4) is 5.75 Å². The van der Waals surface area contributed by atoms with Crippen LogP contribution in [0.5, 0.6) is 5.75 Å². The zero-order valence-electron chi connectivity index (χ0n) is 15.9. The Hall–Kier alpha value is -2.82. The Bertz CT molecular complexity index is 806. The number of hydrazone groups is 1. The van der Waals surface area contributed by atoms with E-state index in [1.165, 1.54) is 32.1 Å². The molecule has 27 heavy (non-hydrogen) atoms. The lowest BCUT2D eigenvalue weighted by Crippen LogP contribution is -1.97. The monoisotopic (exact) mass is 364 g/mol. The van der Waals surface area contributed by atoms with E-state index in [1.54, 1.807) is 6.21 Å². The van der Waals surface area contributed by atoms with E-state index in [9.17, 15) is 0 Å². The Balaban J connectivity index is 1.40. The average Bonchev–Trinajstić information content (AvgIpc) is 3.11. The standard InChI is InChI=1S/C22H28N4O/c1-2-3-4-5-6-9-16-27-19-14-12-18(13-15-19)17-23-26-22-24-20-10-7-8-11-21(20)25-22/h7-8,10-15,17H,2-6,9,16H2,1H3,(H2,24,25,26). The maximum atomic E-state index is 5.80. The van der Waals surface area contributed by atoms with Crippen molar-refractivity contribution in [1.29, 1.82) is 0 Å². The lowest BCUT2D eigenvalue weighted by molar-refractivity contribution is 0.304. The summed E-state index contributed by atoms with van der Waals surface area (Å²) in [7, 11) is 0. The molecule has 0 aliphatic carbocycles. The Labute approximate surface area is 160 Å². The summed E-state index contributed by atoms with van der Waals surface area (Å²) < 4.78 is 5.80. The summed E-state index contributed by atoms with van der Waals surface area (Å²) in [5.41, 5.74) is 5.84. The molecule has 0 aliphatic heterocycles. The van der Waals surface area contributed by atoms with Gasteiger partial charge in [0.05, 0.1) is 23.9 Å². The van der Waals surface area contributed by atoms with Gasteiger partial charge >= 0.3 is 0 Å². The highest BCUT2D eigenvalue weighted by Crippen LogP contribution is 2.14. The van der Waals surface area contributed by atoms with Crippen LogP contribution in [0.1, 0.15) is 51.0 Å². The highest BCUT2D eigenvalue weighted by atomic mass is 16.5. The smallest absolute Gasteiger partial charge is 0.222 e. The van der Waals surface area contributed by atoms with Crippen LogP contribution in [0.15, 0.2) is 53.6 Å². The molecule has 0 unspecified atom stereocenters. The number of H-pyrrole nitrogens is 1. The summed E-state index contributed by atoms with van der Waals surface area (Å²) in [5.74, 6) is 1.54. The van der Waals surface area contributed by atoms with Crippen molar-refractivity contribution in [2.45, 2.75) is 45.4 Å². The number of fused-ring (bicyclic) bond motifs is 1. The van der Waals surface area contributed by atoms with E-state index in [0.717, 1.165) is 35.4 Å². The third kappa shape index (κ3) is 6.13. The molecular weight excluding hydrogens is 336 g/mol. The van der Waals surface area contributed by atoms with Crippen LogP contribution in [0.3, 0.4) is 0 Å². The predicted molar refractivity (Wildman–Crippen MR) is 113 cm³/mol. The zero-order chi connectivity index (χ0) is 18.7. The van der Waals surface area contributed by atoms with Gasteiger partial charge in [-0.25, -0.2) is 10.4 Å². The number of nitrogens with one attached hydrogen (secondary N) is 2. The maximum absolute atomic E-state index is 5.80. The highest BCUT2D eigenvalue weighted by Gasteiger charge is 1.99. The third-order valence-corrected chi connectivity index (χ3v) is 4.42. The molecule has 0 bridgehead atoms. The number of benzene rings is 2. The Morgan fingerprint density at radius 3 is 2.59 bits per heavy atom. The van der Waals surface area contributed by atoms with Gasteiger partial charge < -0.3 is 9.72 Å². The molecule has 0 saturated carbocycles. The molecule has 2 aromatic carbocycles. The minimum Gasteiger partial charge on any atom is -0.494 e. The summed E-state index contributed by atoms with van der Waals surface area (Å²) in [6.07, 6.45) is 9.42. The van der Waals surface area contributed by atoms with Gasteiger partial charge in [0, 0.05) is 0 Å². The maximum Gasteiger partial charge on any atom is 0.222 e. The molecular formula is C22H28N4O. The number of aromatic amines is 1. The summed E-state index contributed by atoms with van der Waals surface area (Å²) in [6.45, 7) is 3.03. The number of aromatic nitrogens is 2. The van der Waals surface area contributed by atoms with Crippen molar-refractivity contribution in [2.24, 2.45) is 5.10 Å². The zero-order valence-corrected chi connectivity index (χ0v) is 15.9. The average molecular weight is 364 g/mol. The molecule has 5 nitrogen and oxygen atoms in total. The van der Waals surface area contributed by atoms with Crippen LogP contribution in [0.2, 0.25) is 0 Å². The predicted octanol–water partition coefficient (Wildman–Crippen LogP) is 5.75. The molecule has 0 fully saturated rings. The number of hydrogen-bond donors (Lipinski definition) is 2. The van der Waals surface area contributed by atoms with Gasteiger partial charge in [0.15, 0.2) is 0 Å². The fourth-order valence-corrected chi connectivity index (χ4v) is 2.90. The summed E-state index contributed by atoms with van der Waals surface area (Å²) in [6, 6.07) is 15.9. The van der Waals surface area contributed by atoms with Crippen LogP contribution >= 0.6 is 0 Å². The van der Waals surface area contributed by atoms with Gasteiger partial charge in [-0.05, 0) is 48.4 Å². The molecule has 1 heterocycles. The van der Waals surface area contributed by atoms with Crippen LogP contribution in [-0.2, 0) is 0 Å². The second-order valence-electron chi connectivity index (χ2n) is 6.66. The molecule has 3 rings (SSSR count). The van der Waals surface area contributed by atoms with Crippen molar-refractivity contribution in [3.63, 3.8) is 0 Å². The minimum atomic E-state index is 0.631. The molecule has 0 amide bonds. The lowest BCUT2D eigenvalue weighted by Gasteiger charge is -2.06.